The molecule has 35 heavy (non-hydrogen) atoms. The van der Waals surface area contributed by atoms with Crippen molar-refractivity contribution < 1.29 is 32.2 Å². The smallest absolute Gasteiger partial charge is 0.431 e. The van der Waals surface area contributed by atoms with Crippen molar-refractivity contribution in [2.24, 2.45) is 0 Å². The molecule has 1 aromatic heterocycles. The van der Waals surface area contributed by atoms with Gasteiger partial charge < -0.3 is 14.8 Å². The number of alkyl halides is 3. The van der Waals surface area contributed by atoms with Gasteiger partial charge in [0.05, 0.1) is 12.8 Å². The maximum Gasteiger partial charge on any atom is 0.431 e. The molecule has 0 saturated heterocycles. The van der Waals surface area contributed by atoms with Crippen LogP contribution >= 0.6 is 0 Å². The highest BCUT2D eigenvalue weighted by atomic mass is 19.4. The van der Waals surface area contributed by atoms with Gasteiger partial charge in [-0.05, 0) is 43.9 Å². The standard InChI is InChI=1S/C25H25F3N2O5/c1-24(2,3)35-23(33)29-18(22(32)34-4)14-15-8-5-10-17-16(15)9-6-11-19(17)30-20(25(26,27)28)12-7-13-21(30)31/h5-13,18H,14H2,1-4H3,(H,29,33)/t18-/m0/s1. The molecule has 7 nitrogen and oxygen atoms in total. The first-order valence-corrected chi connectivity index (χ1v) is 10.7. The fraction of sp³-hybridized carbons (Fsp3) is 0.320. The van der Waals surface area contributed by atoms with Crippen LogP contribution in [0.4, 0.5) is 18.0 Å². The lowest BCUT2D eigenvalue weighted by Gasteiger charge is -2.23. The van der Waals surface area contributed by atoms with Crippen LogP contribution in [0.25, 0.3) is 16.5 Å². The van der Waals surface area contributed by atoms with Gasteiger partial charge in [0.15, 0.2) is 0 Å². The Morgan fingerprint density at radius 1 is 0.971 bits per heavy atom. The maximum absolute atomic E-state index is 13.7. The van der Waals surface area contributed by atoms with Gasteiger partial charge in [0, 0.05) is 17.9 Å². The van der Waals surface area contributed by atoms with Crippen LogP contribution in [-0.4, -0.2) is 35.4 Å². The van der Waals surface area contributed by atoms with Crippen molar-refractivity contribution in [1.29, 1.82) is 0 Å². The Bertz CT molecular complexity index is 1310. The first kappa shape index (κ1) is 25.8. The molecular weight excluding hydrogens is 465 g/mol. The minimum absolute atomic E-state index is 0.0253. The zero-order chi connectivity index (χ0) is 26.0. The minimum Gasteiger partial charge on any atom is -0.467 e. The Kier molecular flexibility index (Phi) is 7.23. The monoisotopic (exact) mass is 490 g/mol. The van der Waals surface area contributed by atoms with E-state index in [4.69, 9.17) is 9.47 Å². The second-order valence-electron chi connectivity index (χ2n) is 8.80. The number of fused-ring (bicyclic) bond motifs is 1. The summed E-state index contributed by atoms with van der Waals surface area (Å²) in [5.74, 6) is -0.720. The molecule has 1 atom stereocenters. The van der Waals surface area contributed by atoms with Crippen LogP contribution in [0, 0.1) is 0 Å². The molecule has 3 rings (SSSR count). The van der Waals surface area contributed by atoms with E-state index in [1.54, 1.807) is 45.0 Å². The lowest BCUT2D eigenvalue weighted by Crippen LogP contribution is -2.45. The predicted octanol–water partition coefficient (Wildman–Crippen LogP) is 4.62. The number of carbonyl (C=O) groups excluding carboxylic acids is 2. The third-order valence-corrected chi connectivity index (χ3v) is 5.08. The van der Waals surface area contributed by atoms with Gasteiger partial charge in [-0.3, -0.25) is 9.36 Å². The summed E-state index contributed by atoms with van der Waals surface area (Å²) >= 11 is 0. The Hall–Kier alpha value is -3.82. The number of esters is 1. The molecule has 0 aliphatic carbocycles. The average Bonchev–Trinajstić information content (AvgIpc) is 2.76. The van der Waals surface area contributed by atoms with Gasteiger partial charge in [-0.25, -0.2) is 9.59 Å². The third kappa shape index (κ3) is 6.00. The summed E-state index contributed by atoms with van der Waals surface area (Å²) in [6.07, 6.45) is -5.60. The lowest BCUT2D eigenvalue weighted by molar-refractivity contribution is -0.143. The van der Waals surface area contributed by atoms with E-state index in [0.717, 1.165) is 18.2 Å². The van der Waals surface area contributed by atoms with Crippen molar-refractivity contribution in [1.82, 2.24) is 9.88 Å². The topological polar surface area (TPSA) is 86.6 Å². The van der Waals surface area contributed by atoms with Gasteiger partial charge in [-0.1, -0.05) is 36.4 Å². The minimum atomic E-state index is -4.76. The number of benzene rings is 2. The Labute approximate surface area is 199 Å². The van der Waals surface area contributed by atoms with Gasteiger partial charge in [0.2, 0.25) is 0 Å². The van der Waals surface area contributed by atoms with Gasteiger partial charge in [0.25, 0.3) is 5.56 Å². The normalized spacial score (nSPS) is 12.8. The molecule has 0 aliphatic rings. The van der Waals surface area contributed by atoms with E-state index in [9.17, 15) is 27.6 Å². The fourth-order valence-corrected chi connectivity index (χ4v) is 3.70. The van der Waals surface area contributed by atoms with Crippen LogP contribution in [-0.2, 0) is 26.9 Å². The highest BCUT2D eigenvalue weighted by molar-refractivity contribution is 5.93. The number of ether oxygens (including phenoxy) is 2. The predicted molar refractivity (Wildman–Crippen MR) is 123 cm³/mol. The highest BCUT2D eigenvalue weighted by Gasteiger charge is 2.35. The van der Waals surface area contributed by atoms with Crippen LogP contribution < -0.4 is 10.9 Å². The number of halogens is 3. The average molecular weight is 490 g/mol. The molecule has 1 amide bonds. The van der Waals surface area contributed by atoms with Gasteiger partial charge in [0.1, 0.15) is 17.3 Å². The summed E-state index contributed by atoms with van der Waals surface area (Å²) in [6.45, 7) is 5.02. The molecule has 1 heterocycles. The largest absolute Gasteiger partial charge is 0.467 e. The SMILES string of the molecule is COC(=O)[C@H](Cc1cccc2c(-n3c(C(F)(F)F)cccc3=O)cccc12)NC(=O)OC(C)(C)C. The lowest BCUT2D eigenvalue weighted by atomic mass is 9.97. The van der Waals surface area contributed by atoms with Crippen molar-refractivity contribution in [3.05, 3.63) is 76.2 Å². The molecule has 0 radical (unpaired) electrons. The van der Waals surface area contributed by atoms with Crippen molar-refractivity contribution >= 4 is 22.8 Å². The quantitative estimate of drug-likeness (QED) is 0.528. The van der Waals surface area contributed by atoms with Crippen molar-refractivity contribution in [3.8, 4) is 5.69 Å². The Balaban J connectivity index is 2.09. The van der Waals surface area contributed by atoms with Crippen molar-refractivity contribution in [3.63, 3.8) is 0 Å². The van der Waals surface area contributed by atoms with E-state index in [-0.39, 0.29) is 12.1 Å². The van der Waals surface area contributed by atoms with E-state index >= 15 is 0 Å². The molecule has 0 aliphatic heterocycles. The van der Waals surface area contributed by atoms with Gasteiger partial charge in [-0.2, -0.15) is 13.2 Å². The second-order valence-corrected chi connectivity index (χ2v) is 8.80. The molecule has 0 unspecified atom stereocenters. The number of pyridine rings is 1. The van der Waals surface area contributed by atoms with E-state index in [0.29, 0.717) is 20.9 Å². The maximum atomic E-state index is 13.7. The molecule has 1 N–H and O–H groups in total. The number of alkyl carbamates (subject to hydrolysis) is 1. The fourth-order valence-electron chi connectivity index (χ4n) is 3.70. The Morgan fingerprint density at radius 3 is 2.23 bits per heavy atom. The van der Waals surface area contributed by atoms with Crippen LogP contribution in [0.3, 0.4) is 0 Å². The number of nitrogens with zero attached hydrogens (tertiary/aromatic N) is 1. The molecule has 0 saturated carbocycles. The summed E-state index contributed by atoms with van der Waals surface area (Å²) in [5, 5.41) is 3.36. The number of rotatable bonds is 5. The van der Waals surface area contributed by atoms with Crippen LogP contribution in [0.2, 0.25) is 0 Å². The number of amides is 1. The Morgan fingerprint density at radius 2 is 1.60 bits per heavy atom. The zero-order valence-electron chi connectivity index (χ0n) is 19.6. The van der Waals surface area contributed by atoms with Gasteiger partial charge >= 0.3 is 18.2 Å². The summed E-state index contributed by atoms with van der Waals surface area (Å²) in [6, 6.07) is 11.3. The van der Waals surface area contributed by atoms with Crippen LogP contribution in [0.15, 0.2) is 59.4 Å². The number of hydrogen-bond acceptors (Lipinski definition) is 5. The van der Waals surface area contributed by atoms with Crippen LogP contribution in [0.1, 0.15) is 32.0 Å². The highest BCUT2D eigenvalue weighted by Crippen LogP contribution is 2.32. The van der Waals surface area contributed by atoms with E-state index in [1.165, 1.54) is 19.2 Å². The first-order chi connectivity index (χ1) is 16.3. The molecule has 0 fully saturated rings. The summed E-state index contributed by atoms with van der Waals surface area (Å²) in [5.41, 5.74) is -2.15. The third-order valence-electron chi connectivity index (χ3n) is 5.08. The molecular formula is C25H25F3N2O5. The molecule has 2 aromatic carbocycles. The molecule has 0 bridgehead atoms. The summed E-state index contributed by atoms with van der Waals surface area (Å²) in [7, 11) is 1.17. The van der Waals surface area contributed by atoms with Crippen LogP contribution in [0.5, 0.6) is 0 Å². The van der Waals surface area contributed by atoms with E-state index in [1.807, 2.05) is 0 Å². The van der Waals surface area contributed by atoms with Crippen molar-refractivity contribution in [2.75, 3.05) is 7.11 Å². The number of aromatic nitrogens is 1. The number of methoxy groups -OCH3 is 1. The summed E-state index contributed by atoms with van der Waals surface area (Å²) < 4.78 is 51.7. The van der Waals surface area contributed by atoms with E-state index < -0.39 is 41.1 Å². The van der Waals surface area contributed by atoms with E-state index in [2.05, 4.69) is 5.32 Å². The molecule has 10 heteroatoms. The number of carbonyl (C=O) groups is 2. The first-order valence-electron chi connectivity index (χ1n) is 10.7. The number of nitrogens with one attached hydrogen (secondary N) is 1. The molecule has 3 aromatic rings. The molecule has 186 valence electrons. The summed E-state index contributed by atoms with van der Waals surface area (Å²) in [4.78, 5) is 37.1. The van der Waals surface area contributed by atoms with Gasteiger partial charge in [-0.15, -0.1) is 0 Å². The molecule has 0 spiro atoms. The second kappa shape index (κ2) is 9.81. The zero-order valence-corrected chi connectivity index (χ0v) is 19.6. The number of hydrogen-bond donors (Lipinski definition) is 1. The van der Waals surface area contributed by atoms with Crippen molar-refractivity contribution in [2.45, 2.75) is 45.0 Å².